The fourth-order valence-electron chi connectivity index (χ4n) is 8.50. The first kappa shape index (κ1) is 69.0. The van der Waals surface area contributed by atoms with Crippen molar-refractivity contribution in [3.05, 3.63) is 89.6 Å². The molecule has 4 atom stereocenters. The minimum atomic E-state index is -4.52. The van der Waals surface area contributed by atoms with Crippen molar-refractivity contribution in [2.45, 2.75) is 154 Å². The maximum atomic E-state index is 14.1. The van der Waals surface area contributed by atoms with E-state index in [0.717, 1.165) is 11.8 Å². The van der Waals surface area contributed by atoms with E-state index in [1.165, 1.54) is 53.3 Å². The number of ether oxygens (including phenoxy) is 2. The van der Waals surface area contributed by atoms with Gasteiger partial charge in [0.15, 0.2) is 0 Å². The smallest absolute Gasteiger partial charge is 0.407 e. The number of amides is 9. The minimum absolute atomic E-state index is 0.00687. The number of anilines is 1. The van der Waals surface area contributed by atoms with Gasteiger partial charge < -0.3 is 45.9 Å². The number of rotatable bonds is 28. The number of benzene rings is 2. The number of pyridine rings is 1. The highest BCUT2D eigenvalue weighted by Crippen LogP contribution is 2.20. The maximum Gasteiger partial charge on any atom is 0.407 e. The quantitative estimate of drug-likeness (QED) is 0.0166. The molecule has 0 radical (unpaired) electrons. The first-order chi connectivity index (χ1) is 39.9. The summed E-state index contributed by atoms with van der Waals surface area (Å²) in [7, 11) is -4.52. The molecule has 4 rings (SSSR count). The number of hydrogen-bond donors (Lipinski definition) is 9. The van der Waals surface area contributed by atoms with Crippen LogP contribution in [0, 0.1) is 5.92 Å². The van der Waals surface area contributed by atoms with Gasteiger partial charge in [0.05, 0.1) is 31.3 Å². The Morgan fingerprint density at radius 3 is 2.11 bits per heavy atom. The van der Waals surface area contributed by atoms with Crippen LogP contribution in [0.25, 0.3) is 0 Å². The molecule has 1 saturated heterocycles. The lowest BCUT2D eigenvalue weighted by Gasteiger charge is -2.29. The van der Waals surface area contributed by atoms with E-state index in [1.807, 2.05) is 18.2 Å². The molecule has 3 aromatic rings. The zero-order valence-corrected chi connectivity index (χ0v) is 50.3. The number of carbonyl (C=O) groups excluding carboxylic acids is 10. The Bertz CT molecular complexity index is 2970. The van der Waals surface area contributed by atoms with Crippen LogP contribution in [0.4, 0.5) is 10.6 Å². The van der Waals surface area contributed by atoms with Crippen LogP contribution in [0.1, 0.15) is 129 Å². The fraction of sp³-hybridized carbons (Fsp3) is 0.509. The van der Waals surface area contributed by atoms with E-state index in [1.54, 1.807) is 73.6 Å². The number of aryl methyl sites for hydroxylation is 1. The summed E-state index contributed by atoms with van der Waals surface area (Å²) in [6, 6.07) is 12.6. The maximum absolute atomic E-state index is 14.1. The zero-order chi connectivity index (χ0) is 63.1. The molecule has 1 fully saturated rings. The number of hydrazone groups is 1. The topological polar surface area (TPSA) is 371 Å². The number of likely N-dealkylation sites (tertiary alicyclic amines) is 1. The summed E-state index contributed by atoms with van der Waals surface area (Å²) in [6.45, 7) is 14.0. The lowest BCUT2D eigenvalue weighted by molar-refractivity contribution is -0.156. The summed E-state index contributed by atoms with van der Waals surface area (Å²) in [5.74, 6) is -6.25. The summed E-state index contributed by atoms with van der Waals surface area (Å²) in [4.78, 5) is 140. The second kappa shape index (κ2) is 32.5. The van der Waals surface area contributed by atoms with Crippen LogP contribution in [-0.4, -0.2) is 161 Å². The molecule has 0 aliphatic carbocycles. The molecular formula is C57H80N12O15S. The molecule has 9 N–H and O–H groups in total. The van der Waals surface area contributed by atoms with Gasteiger partial charge in [0.1, 0.15) is 46.1 Å². The van der Waals surface area contributed by atoms with Crippen molar-refractivity contribution in [3.63, 3.8) is 0 Å². The van der Waals surface area contributed by atoms with E-state index in [0.29, 0.717) is 12.8 Å². The zero-order valence-electron chi connectivity index (χ0n) is 49.4. The number of hydrazine groups is 1. The van der Waals surface area contributed by atoms with E-state index < -0.39 is 118 Å². The van der Waals surface area contributed by atoms with Crippen LogP contribution in [0.2, 0.25) is 0 Å². The number of aromatic nitrogens is 1. The van der Waals surface area contributed by atoms with Gasteiger partial charge in [-0.2, -0.15) is 13.5 Å². The molecular weight excluding hydrogens is 1120 g/mol. The molecule has 0 saturated carbocycles. The Morgan fingerprint density at radius 2 is 1.47 bits per heavy atom. The third kappa shape index (κ3) is 25.1. The van der Waals surface area contributed by atoms with Gasteiger partial charge in [0.2, 0.25) is 35.4 Å². The lowest BCUT2D eigenvalue weighted by Crippen LogP contribution is -2.57. The lowest BCUT2D eigenvalue weighted by atomic mass is 10.0. The number of hydrogen-bond acceptors (Lipinski definition) is 17. The Balaban J connectivity index is 1.43. The second-order valence-electron chi connectivity index (χ2n) is 22.5. The van der Waals surface area contributed by atoms with Crippen LogP contribution in [0.15, 0.2) is 82.9 Å². The molecule has 1 aliphatic heterocycles. The van der Waals surface area contributed by atoms with Crippen LogP contribution >= 0.6 is 0 Å². The molecule has 464 valence electrons. The van der Waals surface area contributed by atoms with E-state index in [2.05, 4.69) is 52.9 Å². The first-order valence-electron chi connectivity index (χ1n) is 27.8. The second-order valence-corrected chi connectivity index (χ2v) is 23.9. The van der Waals surface area contributed by atoms with Gasteiger partial charge in [-0.1, -0.05) is 62.4 Å². The highest BCUT2D eigenvalue weighted by Gasteiger charge is 2.37. The molecule has 9 amide bonds. The van der Waals surface area contributed by atoms with Crippen LogP contribution in [0.5, 0.6) is 0 Å². The number of alkyl carbamates (subject to hydrolysis) is 1. The third-order valence-corrected chi connectivity index (χ3v) is 13.4. The Morgan fingerprint density at radius 1 is 0.800 bits per heavy atom. The summed E-state index contributed by atoms with van der Waals surface area (Å²) < 4.78 is 43.5. The van der Waals surface area contributed by atoms with Gasteiger partial charge in [-0.05, 0) is 116 Å². The van der Waals surface area contributed by atoms with Crippen molar-refractivity contribution in [3.8, 4) is 0 Å². The van der Waals surface area contributed by atoms with Gasteiger partial charge in [0, 0.05) is 38.3 Å². The van der Waals surface area contributed by atoms with E-state index >= 15 is 0 Å². The fourth-order valence-corrected chi connectivity index (χ4v) is 9.17. The third-order valence-electron chi connectivity index (χ3n) is 12.5. The Hall–Kier alpha value is -8.53. The molecule has 2 aromatic carbocycles. The summed E-state index contributed by atoms with van der Waals surface area (Å²) in [5.41, 5.74) is 6.59. The van der Waals surface area contributed by atoms with E-state index in [-0.39, 0.29) is 85.9 Å². The molecule has 0 unspecified atom stereocenters. The molecule has 0 spiro atoms. The number of nitrogens with zero attached hydrogens (tertiary/aromatic N) is 4. The SMILES string of the molecule is CC(=O)N(CCC(=O)OC(C)(C)C)CC(=O)N1CCC[C@H]1C(=O)N[C@@H](CCCNC(=O)OC(C)(C)C)C(=O)NCC(=O)N[C@@H](CCc1ccccc1)C(=O)N[C@@H](CC(C)C)C(=O)NNC(=O)c1ccc(N/N=C/c2ccccc2S(=O)(=O)O)nc1. The Kier molecular flexibility index (Phi) is 26.4. The molecule has 27 nitrogen and oxygen atoms in total. The molecule has 2 heterocycles. The van der Waals surface area contributed by atoms with Gasteiger partial charge in [0.25, 0.3) is 21.9 Å². The monoisotopic (exact) mass is 1200 g/mol. The molecule has 1 aliphatic rings. The largest absolute Gasteiger partial charge is 0.460 e. The molecule has 28 heteroatoms. The van der Waals surface area contributed by atoms with Gasteiger partial charge in [-0.15, -0.1) is 0 Å². The van der Waals surface area contributed by atoms with Gasteiger partial charge in [-0.25, -0.2) is 9.78 Å². The number of esters is 1. The van der Waals surface area contributed by atoms with Crippen molar-refractivity contribution in [1.82, 2.24) is 52.2 Å². The first-order valence-corrected chi connectivity index (χ1v) is 29.2. The highest BCUT2D eigenvalue weighted by atomic mass is 32.2. The highest BCUT2D eigenvalue weighted by molar-refractivity contribution is 7.86. The van der Waals surface area contributed by atoms with Crippen LogP contribution in [-0.2, 0) is 64.4 Å². The van der Waals surface area contributed by atoms with Gasteiger partial charge in [-0.3, -0.25) is 64.0 Å². The predicted molar refractivity (Wildman–Crippen MR) is 311 cm³/mol. The standard InChI is InChI=1S/C57H80N12O15S/c1-36(2)31-43(53(77)67-66-50(74)40-24-26-46(59-32-40)65-61-33-39-19-13-14-22-45(39)85(80,81)82)64-52(76)42(25-23-38-17-11-10-12-18-38)62-47(71)34-60-51(75)41(20-15-28-58-55(79)84-57(7,8)9)63-54(78)44-21-16-29-69(44)48(72)35-68(37(3)70)30-27-49(73)83-56(4,5)6/h10-14,17-19,22,24,26,32-33,36,41-44H,15-16,20-21,23,25,27-31,34-35H2,1-9H3,(H,58,79)(H,59,65)(H,60,75)(H,62,71)(H,63,78)(H,64,76)(H,66,74)(H,67,77)(H,80,81,82)/b61-33+/t41-,42-,43-,44-/m0/s1. The van der Waals surface area contributed by atoms with E-state index in [4.69, 9.17) is 9.47 Å². The number of carbonyl (C=O) groups is 10. The van der Waals surface area contributed by atoms with Crippen LogP contribution < -0.4 is 42.9 Å². The normalized spacial score (nSPS) is 14.4. The summed E-state index contributed by atoms with van der Waals surface area (Å²) in [5, 5.41) is 17.1. The molecule has 0 bridgehead atoms. The minimum Gasteiger partial charge on any atom is -0.460 e. The van der Waals surface area contributed by atoms with Crippen LogP contribution in [0.3, 0.4) is 0 Å². The predicted octanol–water partition coefficient (Wildman–Crippen LogP) is 2.66. The summed E-state index contributed by atoms with van der Waals surface area (Å²) >= 11 is 0. The summed E-state index contributed by atoms with van der Waals surface area (Å²) in [6.07, 6.45) is 2.61. The van der Waals surface area contributed by atoms with Crippen molar-refractivity contribution in [2.75, 3.05) is 38.1 Å². The van der Waals surface area contributed by atoms with Crippen molar-refractivity contribution in [2.24, 2.45) is 11.0 Å². The average Bonchev–Trinajstić information content (AvgIpc) is 4.02. The Labute approximate surface area is 495 Å². The van der Waals surface area contributed by atoms with Crippen molar-refractivity contribution >= 4 is 81.5 Å². The van der Waals surface area contributed by atoms with Crippen molar-refractivity contribution < 1.29 is 70.4 Å². The average molecular weight is 1210 g/mol. The number of nitrogens with one attached hydrogen (secondary N) is 8. The van der Waals surface area contributed by atoms with Crippen molar-refractivity contribution in [1.29, 1.82) is 0 Å². The molecule has 85 heavy (non-hydrogen) atoms. The van der Waals surface area contributed by atoms with Gasteiger partial charge >= 0.3 is 12.1 Å². The van der Waals surface area contributed by atoms with E-state index in [9.17, 15) is 60.9 Å². The molecule has 1 aromatic heterocycles.